The molecule has 0 bridgehead atoms. The van der Waals surface area contributed by atoms with E-state index in [1.54, 1.807) is 24.3 Å². The van der Waals surface area contributed by atoms with Crippen molar-refractivity contribution in [2.75, 3.05) is 6.61 Å². The standard InChI is InChI=1S/C13H13Cl2N3O/c1-2-19-11-4-3-8(14)5-9(11)10-6-12(15)18-13(7-16)17-10/h3-6H,2,7,16H2,1H3. The fourth-order valence-electron chi connectivity index (χ4n) is 1.68. The van der Waals surface area contributed by atoms with Crippen LogP contribution in [0.25, 0.3) is 11.3 Å². The highest BCUT2D eigenvalue weighted by molar-refractivity contribution is 6.31. The van der Waals surface area contributed by atoms with Crippen LogP contribution in [-0.2, 0) is 6.54 Å². The smallest absolute Gasteiger partial charge is 0.144 e. The molecule has 4 nitrogen and oxygen atoms in total. The summed E-state index contributed by atoms with van der Waals surface area (Å²) in [5.41, 5.74) is 6.97. The van der Waals surface area contributed by atoms with Gasteiger partial charge in [-0.2, -0.15) is 0 Å². The second-order valence-electron chi connectivity index (χ2n) is 3.77. The quantitative estimate of drug-likeness (QED) is 0.880. The molecule has 0 atom stereocenters. The Morgan fingerprint density at radius 1 is 1.21 bits per heavy atom. The van der Waals surface area contributed by atoms with Crippen molar-refractivity contribution >= 4 is 23.2 Å². The van der Waals surface area contributed by atoms with Crippen LogP contribution in [0.5, 0.6) is 5.75 Å². The summed E-state index contributed by atoms with van der Waals surface area (Å²) in [6, 6.07) is 7.02. The van der Waals surface area contributed by atoms with Gasteiger partial charge in [0.05, 0.1) is 18.8 Å². The second-order valence-corrected chi connectivity index (χ2v) is 4.59. The molecule has 0 aliphatic carbocycles. The SMILES string of the molecule is CCOc1ccc(Cl)cc1-c1cc(Cl)nc(CN)n1. The van der Waals surface area contributed by atoms with Gasteiger partial charge in [0.2, 0.25) is 0 Å². The highest BCUT2D eigenvalue weighted by Gasteiger charge is 2.11. The minimum Gasteiger partial charge on any atom is -0.493 e. The van der Waals surface area contributed by atoms with Crippen LogP contribution >= 0.6 is 23.2 Å². The lowest BCUT2D eigenvalue weighted by Gasteiger charge is -2.11. The van der Waals surface area contributed by atoms with Crippen LogP contribution < -0.4 is 10.5 Å². The van der Waals surface area contributed by atoms with Gasteiger partial charge in [-0.05, 0) is 25.1 Å². The van der Waals surface area contributed by atoms with E-state index in [-0.39, 0.29) is 6.54 Å². The van der Waals surface area contributed by atoms with E-state index in [9.17, 15) is 0 Å². The molecule has 100 valence electrons. The molecule has 0 amide bonds. The molecule has 1 heterocycles. The molecular weight excluding hydrogens is 285 g/mol. The molecule has 0 radical (unpaired) electrons. The molecule has 0 saturated heterocycles. The van der Waals surface area contributed by atoms with E-state index < -0.39 is 0 Å². The number of rotatable bonds is 4. The van der Waals surface area contributed by atoms with Crippen molar-refractivity contribution in [3.05, 3.63) is 40.3 Å². The number of hydrogen-bond donors (Lipinski definition) is 1. The summed E-state index contributed by atoms with van der Waals surface area (Å²) in [5, 5.41) is 0.940. The average molecular weight is 298 g/mol. The van der Waals surface area contributed by atoms with Crippen molar-refractivity contribution < 1.29 is 4.74 Å². The number of ether oxygens (including phenoxy) is 1. The first-order valence-corrected chi connectivity index (χ1v) is 6.56. The second kappa shape index (κ2) is 6.19. The maximum atomic E-state index is 6.02. The lowest BCUT2D eigenvalue weighted by molar-refractivity contribution is 0.341. The Labute approximate surface area is 121 Å². The van der Waals surface area contributed by atoms with Crippen LogP contribution in [0.1, 0.15) is 12.7 Å². The van der Waals surface area contributed by atoms with Crippen LogP contribution in [0.4, 0.5) is 0 Å². The molecule has 6 heteroatoms. The molecule has 2 aromatic rings. The summed E-state index contributed by atoms with van der Waals surface area (Å²) in [7, 11) is 0. The van der Waals surface area contributed by atoms with E-state index in [2.05, 4.69) is 9.97 Å². The normalized spacial score (nSPS) is 10.5. The molecule has 1 aromatic carbocycles. The third-order valence-corrected chi connectivity index (χ3v) is 2.87. The Hall–Kier alpha value is -1.36. The van der Waals surface area contributed by atoms with Crippen LogP contribution in [0.15, 0.2) is 24.3 Å². The van der Waals surface area contributed by atoms with E-state index in [0.717, 1.165) is 5.56 Å². The Bertz CT molecular complexity index is 590. The number of aromatic nitrogens is 2. The Morgan fingerprint density at radius 2 is 2.00 bits per heavy atom. The van der Waals surface area contributed by atoms with Crippen LogP contribution in [0.2, 0.25) is 10.2 Å². The maximum Gasteiger partial charge on any atom is 0.144 e. The molecule has 1 aromatic heterocycles. The lowest BCUT2D eigenvalue weighted by atomic mass is 10.1. The number of nitrogens with two attached hydrogens (primary N) is 1. The summed E-state index contributed by atoms with van der Waals surface area (Å²) >= 11 is 12.0. The minimum absolute atomic E-state index is 0.220. The van der Waals surface area contributed by atoms with Gasteiger partial charge in [-0.1, -0.05) is 23.2 Å². The molecule has 0 saturated carbocycles. The Kier molecular flexibility index (Phi) is 4.58. The fourth-order valence-corrected chi connectivity index (χ4v) is 2.05. The number of nitrogens with zero attached hydrogens (tertiary/aromatic N) is 2. The molecule has 0 unspecified atom stereocenters. The first-order valence-electron chi connectivity index (χ1n) is 5.80. The molecule has 0 spiro atoms. The van der Waals surface area contributed by atoms with E-state index in [1.165, 1.54) is 0 Å². The summed E-state index contributed by atoms with van der Waals surface area (Å²) in [6.07, 6.45) is 0. The molecule has 0 fully saturated rings. The van der Waals surface area contributed by atoms with Crippen molar-refractivity contribution in [1.82, 2.24) is 9.97 Å². The predicted octanol–water partition coefficient (Wildman–Crippen LogP) is 3.31. The van der Waals surface area contributed by atoms with Crippen molar-refractivity contribution in [2.45, 2.75) is 13.5 Å². The van der Waals surface area contributed by atoms with Gasteiger partial charge >= 0.3 is 0 Å². The molecule has 2 N–H and O–H groups in total. The van der Waals surface area contributed by atoms with E-state index >= 15 is 0 Å². The van der Waals surface area contributed by atoms with E-state index in [0.29, 0.717) is 34.1 Å². The van der Waals surface area contributed by atoms with Gasteiger partial charge in [0, 0.05) is 16.7 Å². The largest absolute Gasteiger partial charge is 0.493 e. The zero-order chi connectivity index (χ0) is 13.8. The summed E-state index contributed by atoms with van der Waals surface area (Å²) in [4.78, 5) is 8.38. The number of benzene rings is 1. The summed E-state index contributed by atoms with van der Waals surface area (Å²) < 4.78 is 5.57. The first-order chi connectivity index (χ1) is 9.13. The third kappa shape index (κ3) is 3.35. The molecule has 19 heavy (non-hydrogen) atoms. The zero-order valence-electron chi connectivity index (χ0n) is 10.4. The van der Waals surface area contributed by atoms with Crippen LogP contribution in [0, 0.1) is 0 Å². The molecule has 0 aliphatic rings. The lowest BCUT2D eigenvalue weighted by Crippen LogP contribution is -2.04. The van der Waals surface area contributed by atoms with Crippen molar-refractivity contribution in [3.8, 4) is 17.0 Å². The average Bonchev–Trinajstić information content (AvgIpc) is 2.40. The van der Waals surface area contributed by atoms with Gasteiger partial charge in [0.25, 0.3) is 0 Å². The number of halogens is 2. The highest BCUT2D eigenvalue weighted by atomic mass is 35.5. The van der Waals surface area contributed by atoms with Gasteiger partial charge in [-0.25, -0.2) is 9.97 Å². The van der Waals surface area contributed by atoms with Crippen molar-refractivity contribution in [2.24, 2.45) is 5.73 Å². The van der Waals surface area contributed by atoms with Crippen molar-refractivity contribution in [3.63, 3.8) is 0 Å². The van der Waals surface area contributed by atoms with Crippen LogP contribution in [-0.4, -0.2) is 16.6 Å². The predicted molar refractivity (Wildman–Crippen MR) is 76.5 cm³/mol. The fraction of sp³-hybridized carbons (Fsp3) is 0.231. The first kappa shape index (κ1) is 14.1. The molecule has 0 aliphatic heterocycles. The van der Waals surface area contributed by atoms with Gasteiger partial charge in [-0.15, -0.1) is 0 Å². The van der Waals surface area contributed by atoms with E-state index in [1.807, 2.05) is 6.92 Å². The van der Waals surface area contributed by atoms with Gasteiger partial charge in [0.1, 0.15) is 16.7 Å². The maximum absolute atomic E-state index is 6.02. The minimum atomic E-state index is 0.220. The van der Waals surface area contributed by atoms with Crippen molar-refractivity contribution in [1.29, 1.82) is 0 Å². The monoisotopic (exact) mass is 297 g/mol. The van der Waals surface area contributed by atoms with Gasteiger partial charge in [-0.3, -0.25) is 0 Å². The highest BCUT2D eigenvalue weighted by Crippen LogP contribution is 2.32. The van der Waals surface area contributed by atoms with Crippen LogP contribution in [0.3, 0.4) is 0 Å². The molecular formula is C13H13Cl2N3O. The summed E-state index contributed by atoms with van der Waals surface area (Å²) in [5.74, 6) is 1.18. The Morgan fingerprint density at radius 3 is 2.68 bits per heavy atom. The van der Waals surface area contributed by atoms with Gasteiger partial charge in [0.15, 0.2) is 0 Å². The zero-order valence-corrected chi connectivity index (χ0v) is 11.9. The van der Waals surface area contributed by atoms with Gasteiger partial charge < -0.3 is 10.5 Å². The number of hydrogen-bond acceptors (Lipinski definition) is 4. The summed E-state index contributed by atoms with van der Waals surface area (Å²) in [6.45, 7) is 2.69. The molecule has 2 rings (SSSR count). The Balaban J connectivity index is 2.56. The topological polar surface area (TPSA) is 61.0 Å². The third-order valence-electron chi connectivity index (χ3n) is 2.44. The van der Waals surface area contributed by atoms with E-state index in [4.69, 9.17) is 33.7 Å².